The van der Waals surface area contributed by atoms with Gasteiger partial charge in [0.15, 0.2) is 15.7 Å². The summed E-state index contributed by atoms with van der Waals surface area (Å²) in [6.45, 7) is 6.06. The molecule has 19 heavy (non-hydrogen) atoms. The predicted octanol–water partition coefficient (Wildman–Crippen LogP) is 2.37. The van der Waals surface area contributed by atoms with E-state index >= 15 is 0 Å². The van der Waals surface area contributed by atoms with E-state index < -0.39 is 9.84 Å². The molecule has 1 saturated carbocycles. The Morgan fingerprint density at radius 1 is 1.42 bits per heavy atom. The highest BCUT2D eigenvalue weighted by molar-refractivity contribution is 7.91. The molecular formula is C12H21N3O2S2. The minimum absolute atomic E-state index is 0.0426. The van der Waals surface area contributed by atoms with Gasteiger partial charge in [-0.2, -0.15) is 4.37 Å². The molecule has 0 amide bonds. The number of aromatic nitrogens is 1. The Balaban J connectivity index is 2.28. The highest BCUT2D eigenvalue weighted by atomic mass is 32.2. The topological polar surface area (TPSA) is 85.1 Å². The standard InChI is InChI=1S/C12H21N3O2S2/c1-4-19(16,17)10-11(13)15-18-12(10)14-9-6-5-7(2)8(9)3/h7-9,14H,4-6H2,1-3H3,(H2,13,15). The van der Waals surface area contributed by atoms with Crippen molar-refractivity contribution in [2.24, 2.45) is 11.8 Å². The first-order chi connectivity index (χ1) is 8.86. The molecule has 0 radical (unpaired) electrons. The number of hydrogen-bond acceptors (Lipinski definition) is 6. The van der Waals surface area contributed by atoms with E-state index in [4.69, 9.17) is 5.73 Å². The molecule has 0 aromatic carbocycles. The minimum Gasteiger partial charge on any atom is -0.382 e. The van der Waals surface area contributed by atoms with Crippen molar-refractivity contribution in [3.8, 4) is 0 Å². The zero-order valence-electron chi connectivity index (χ0n) is 11.5. The minimum atomic E-state index is -3.33. The summed E-state index contributed by atoms with van der Waals surface area (Å²) in [7, 11) is -3.33. The van der Waals surface area contributed by atoms with Gasteiger partial charge in [0.2, 0.25) is 0 Å². The summed E-state index contributed by atoms with van der Waals surface area (Å²) in [6, 6.07) is 0.306. The Hall–Kier alpha value is -0.820. The molecule has 3 N–H and O–H groups in total. The van der Waals surface area contributed by atoms with Gasteiger partial charge in [0, 0.05) is 6.04 Å². The molecule has 3 atom stereocenters. The van der Waals surface area contributed by atoms with E-state index in [-0.39, 0.29) is 16.5 Å². The van der Waals surface area contributed by atoms with Gasteiger partial charge < -0.3 is 11.1 Å². The number of nitrogens with two attached hydrogens (primary N) is 1. The van der Waals surface area contributed by atoms with Gasteiger partial charge in [-0.1, -0.05) is 20.8 Å². The lowest BCUT2D eigenvalue weighted by molar-refractivity contribution is 0.435. The van der Waals surface area contributed by atoms with Crippen molar-refractivity contribution < 1.29 is 8.42 Å². The molecule has 0 saturated heterocycles. The van der Waals surface area contributed by atoms with Crippen molar-refractivity contribution in [1.82, 2.24) is 4.37 Å². The van der Waals surface area contributed by atoms with Crippen molar-refractivity contribution in [1.29, 1.82) is 0 Å². The molecule has 1 aromatic heterocycles. The van der Waals surface area contributed by atoms with Crippen LogP contribution in [0.2, 0.25) is 0 Å². The average molecular weight is 303 g/mol. The fourth-order valence-electron chi connectivity index (χ4n) is 2.57. The fourth-order valence-corrected chi connectivity index (χ4v) is 4.78. The van der Waals surface area contributed by atoms with Crippen LogP contribution in [-0.4, -0.2) is 24.6 Å². The molecular weight excluding hydrogens is 282 g/mol. The zero-order chi connectivity index (χ0) is 14.2. The maximum atomic E-state index is 12.1. The van der Waals surface area contributed by atoms with Gasteiger partial charge in [0.25, 0.3) is 0 Å². The summed E-state index contributed by atoms with van der Waals surface area (Å²) < 4.78 is 28.1. The van der Waals surface area contributed by atoms with Crippen LogP contribution in [0.3, 0.4) is 0 Å². The summed E-state index contributed by atoms with van der Waals surface area (Å²) in [5.74, 6) is 1.35. The Labute approximate surface area is 118 Å². The van der Waals surface area contributed by atoms with Gasteiger partial charge in [-0.25, -0.2) is 8.42 Å². The summed E-state index contributed by atoms with van der Waals surface area (Å²) in [5, 5.41) is 3.95. The van der Waals surface area contributed by atoms with Crippen LogP contribution >= 0.6 is 11.5 Å². The molecule has 3 unspecified atom stereocenters. The summed E-state index contributed by atoms with van der Waals surface area (Å²) >= 11 is 1.14. The molecule has 0 aliphatic heterocycles. The second-order valence-electron chi connectivity index (χ2n) is 5.29. The van der Waals surface area contributed by atoms with E-state index in [1.165, 1.54) is 6.42 Å². The van der Waals surface area contributed by atoms with E-state index in [2.05, 4.69) is 23.5 Å². The number of hydrogen-bond donors (Lipinski definition) is 2. The van der Waals surface area contributed by atoms with E-state index in [1.807, 2.05) is 0 Å². The number of nitrogens with one attached hydrogen (secondary N) is 1. The van der Waals surface area contributed by atoms with Gasteiger partial charge in [-0.05, 0) is 36.2 Å². The highest BCUT2D eigenvalue weighted by Gasteiger charge is 2.32. The Morgan fingerprint density at radius 2 is 2.11 bits per heavy atom. The lowest BCUT2D eigenvalue weighted by Crippen LogP contribution is -2.24. The van der Waals surface area contributed by atoms with Gasteiger partial charge in [-0.3, -0.25) is 0 Å². The maximum absolute atomic E-state index is 12.1. The second kappa shape index (κ2) is 5.28. The van der Waals surface area contributed by atoms with Crippen LogP contribution in [-0.2, 0) is 9.84 Å². The van der Waals surface area contributed by atoms with Crippen LogP contribution in [0, 0.1) is 11.8 Å². The molecule has 1 heterocycles. The Bertz CT molecular complexity index is 553. The smallest absolute Gasteiger partial charge is 0.184 e. The van der Waals surface area contributed by atoms with E-state index in [0.717, 1.165) is 18.0 Å². The van der Waals surface area contributed by atoms with Gasteiger partial charge in [0.05, 0.1) is 5.75 Å². The Morgan fingerprint density at radius 3 is 2.63 bits per heavy atom. The fraction of sp³-hybridized carbons (Fsp3) is 0.750. The van der Waals surface area contributed by atoms with Crippen molar-refractivity contribution in [3.63, 3.8) is 0 Å². The summed E-state index contributed by atoms with van der Waals surface area (Å²) in [6.07, 6.45) is 2.23. The van der Waals surface area contributed by atoms with Gasteiger partial charge in [0.1, 0.15) is 9.90 Å². The first kappa shape index (κ1) is 14.6. The molecule has 1 fully saturated rings. The highest BCUT2D eigenvalue weighted by Crippen LogP contribution is 2.38. The number of rotatable bonds is 4. The van der Waals surface area contributed by atoms with Crippen molar-refractivity contribution in [2.75, 3.05) is 16.8 Å². The SMILES string of the molecule is CCS(=O)(=O)c1c(N)nsc1NC1CCC(C)C1C. The lowest BCUT2D eigenvalue weighted by Gasteiger charge is -2.20. The molecule has 108 valence electrons. The molecule has 5 nitrogen and oxygen atoms in total. The molecule has 0 spiro atoms. The first-order valence-corrected chi connectivity index (χ1v) is 9.03. The maximum Gasteiger partial charge on any atom is 0.184 e. The van der Waals surface area contributed by atoms with Crippen molar-refractivity contribution in [2.45, 2.75) is 44.6 Å². The second-order valence-corrected chi connectivity index (χ2v) is 8.28. The van der Waals surface area contributed by atoms with E-state index in [0.29, 0.717) is 22.9 Å². The Kier molecular flexibility index (Phi) is 4.06. The molecule has 2 rings (SSSR count). The summed E-state index contributed by atoms with van der Waals surface area (Å²) in [4.78, 5) is 0.187. The summed E-state index contributed by atoms with van der Waals surface area (Å²) in [5.41, 5.74) is 5.72. The van der Waals surface area contributed by atoms with Gasteiger partial charge in [-0.15, -0.1) is 0 Å². The molecule has 0 bridgehead atoms. The third-order valence-electron chi connectivity index (χ3n) is 4.15. The number of sulfone groups is 1. The van der Waals surface area contributed by atoms with Crippen molar-refractivity contribution >= 4 is 32.2 Å². The molecule has 1 aromatic rings. The monoisotopic (exact) mass is 303 g/mol. The molecule has 7 heteroatoms. The average Bonchev–Trinajstić information content (AvgIpc) is 2.88. The predicted molar refractivity (Wildman–Crippen MR) is 79.2 cm³/mol. The van der Waals surface area contributed by atoms with Crippen LogP contribution in [0.15, 0.2) is 4.90 Å². The third-order valence-corrected chi connectivity index (χ3v) is 6.86. The number of nitrogen functional groups attached to an aromatic ring is 1. The normalized spacial score (nSPS) is 27.6. The quantitative estimate of drug-likeness (QED) is 0.892. The first-order valence-electron chi connectivity index (χ1n) is 6.61. The van der Waals surface area contributed by atoms with Crippen LogP contribution < -0.4 is 11.1 Å². The van der Waals surface area contributed by atoms with Crippen LogP contribution in [0.1, 0.15) is 33.6 Å². The van der Waals surface area contributed by atoms with E-state index in [9.17, 15) is 8.42 Å². The van der Waals surface area contributed by atoms with Crippen LogP contribution in [0.4, 0.5) is 10.8 Å². The number of nitrogens with zero attached hydrogens (tertiary/aromatic N) is 1. The van der Waals surface area contributed by atoms with Crippen LogP contribution in [0.25, 0.3) is 0 Å². The van der Waals surface area contributed by atoms with E-state index in [1.54, 1.807) is 6.92 Å². The lowest BCUT2D eigenvalue weighted by atomic mass is 9.98. The van der Waals surface area contributed by atoms with Crippen LogP contribution in [0.5, 0.6) is 0 Å². The van der Waals surface area contributed by atoms with Crippen molar-refractivity contribution in [3.05, 3.63) is 0 Å². The zero-order valence-corrected chi connectivity index (χ0v) is 13.1. The molecule has 1 aliphatic rings. The number of anilines is 2. The molecule has 1 aliphatic carbocycles. The van der Waals surface area contributed by atoms with Gasteiger partial charge >= 0.3 is 0 Å². The third kappa shape index (κ3) is 2.72. The largest absolute Gasteiger partial charge is 0.382 e.